The van der Waals surface area contributed by atoms with Gasteiger partial charge in [0.05, 0.1) is 18.4 Å². The maximum absolute atomic E-state index is 12.2. The van der Waals surface area contributed by atoms with E-state index in [1.807, 2.05) is 12.2 Å². The van der Waals surface area contributed by atoms with Crippen LogP contribution in [0.5, 0.6) is 0 Å². The summed E-state index contributed by atoms with van der Waals surface area (Å²) in [6.07, 6.45) is 4.89. The first kappa shape index (κ1) is 12.3. The normalized spacial score (nSPS) is 35.1. The van der Waals surface area contributed by atoms with Gasteiger partial charge in [-0.2, -0.15) is 5.06 Å². The summed E-state index contributed by atoms with van der Waals surface area (Å²) in [6, 6.07) is 0. The second-order valence-corrected chi connectivity index (χ2v) is 5.05. The molecule has 1 aliphatic heterocycles. The molecule has 0 N–H and O–H groups in total. The van der Waals surface area contributed by atoms with Crippen molar-refractivity contribution in [1.29, 1.82) is 0 Å². The van der Waals surface area contributed by atoms with Crippen LogP contribution in [0.2, 0.25) is 0 Å². The summed E-state index contributed by atoms with van der Waals surface area (Å²) >= 11 is 0. The SMILES string of the molecule is CCOC(=O)CON1C(=O)[C@@H]2[C@@H](C1=O)[C@H]1C=C[C@H]2C1. The number of carbonyl (C=O) groups excluding carboxylic acids is 3. The highest BCUT2D eigenvalue weighted by atomic mass is 16.7. The fraction of sp³-hybridized carbons (Fsp3) is 0.615. The predicted molar refractivity (Wildman–Crippen MR) is 62.2 cm³/mol. The van der Waals surface area contributed by atoms with Crippen molar-refractivity contribution in [3.05, 3.63) is 12.2 Å². The fourth-order valence-electron chi connectivity index (χ4n) is 3.32. The minimum atomic E-state index is -0.582. The minimum Gasteiger partial charge on any atom is -0.464 e. The van der Waals surface area contributed by atoms with Crippen LogP contribution < -0.4 is 0 Å². The molecule has 1 heterocycles. The van der Waals surface area contributed by atoms with Crippen LogP contribution in [0.15, 0.2) is 12.2 Å². The number of rotatable bonds is 4. The summed E-state index contributed by atoms with van der Waals surface area (Å²) < 4.78 is 4.70. The number of imide groups is 1. The predicted octanol–water partition coefficient (Wildman–Crippen LogP) is 0.288. The fourth-order valence-corrected chi connectivity index (χ4v) is 3.32. The van der Waals surface area contributed by atoms with Crippen molar-refractivity contribution in [1.82, 2.24) is 5.06 Å². The van der Waals surface area contributed by atoms with Gasteiger partial charge in [-0.15, -0.1) is 0 Å². The minimum absolute atomic E-state index is 0.141. The van der Waals surface area contributed by atoms with Gasteiger partial charge in [0.1, 0.15) is 0 Å². The highest BCUT2D eigenvalue weighted by Crippen LogP contribution is 2.52. The molecule has 0 aromatic heterocycles. The summed E-state index contributed by atoms with van der Waals surface area (Å²) in [5.41, 5.74) is 0. The lowest BCUT2D eigenvalue weighted by Gasteiger charge is -2.15. The molecular weight excluding hydrogens is 250 g/mol. The van der Waals surface area contributed by atoms with E-state index in [0.29, 0.717) is 0 Å². The number of carbonyl (C=O) groups is 3. The topological polar surface area (TPSA) is 72.9 Å². The van der Waals surface area contributed by atoms with Crippen molar-refractivity contribution < 1.29 is 24.0 Å². The Bertz CT molecular complexity index is 442. The van der Waals surface area contributed by atoms with Gasteiger partial charge in [0.15, 0.2) is 6.61 Å². The van der Waals surface area contributed by atoms with Gasteiger partial charge in [0.2, 0.25) is 0 Å². The summed E-state index contributed by atoms with van der Waals surface area (Å²) in [4.78, 5) is 40.5. The highest BCUT2D eigenvalue weighted by Gasteiger charge is 2.60. The smallest absolute Gasteiger partial charge is 0.334 e. The largest absolute Gasteiger partial charge is 0.464 e. The quantitative estimate of drug-likeness (QED) is 0.415. The number of fused-ring (bicyclic) bond motifs is 5. The van der Waals surface area contributed by atoms with Gasteiger partial charge in [0, 0.05) is 0 Å². The number of hydrogen-bond acceptors (Lipinski definition) is 5. The van der Waals surface area contributed by atoms with Crippen LogP contribution in [0.4, 0.5) is 0 Å². The Balaban J connectivity index is 1.67. The summed E-state index contributed by atoms with van der Waals surface area (Å²) in [7, 11) is 0. The van der Waals surface area contributed by atoms with E-state index >= 15 is 0 Å². The molecule has 2 bridgehead atoms. The standard InChI is InChI=1S/C13H15NO5/c1-2-18-9(15)6-19-14-12(16)10-7-3-4-8(5-7)11(10)13(14)17/h3-4,7-8,10-11H,2,5-6H2,1H3/t7-,8-,10-,11-/m0/s1. The van der Waals surface area contributed by atoms with E-state index < -0.39 is 12.6 Å². The van der Waals surface area contributed by atoms with E-state index in [1.165, 1.54) is 0 Å². The number of hydroxylamine groups is 2. The molecule has 1 saturated carbocycles. The monoisotopic (exact) mass is 265 g/mol. The molecule has 6 heteroatoms. The van der Waals surface area contributed by atoms with Crippen molar-refractivity contribution in [3.63, 3.8) is 0 Å². The molecular formula is C13H15NO5. The highest BCUT2D eigenvalue weighted by molar-refractivity contribution is 6.05. The van der Waals surface area contributed by atoms with Gasteiger partial charge in [-0.05, 0) is 25.2 Å². The number of hydrogen-bond donors (Lipinski definition) is 0. The number of nitrogens with zero attached hydrogens (tertiary/aromatic N) is 1. The Hall–Kier alpha value is -1.69. The average molecular weight is 265 g/mol. The van der Waals surface area contributed by atoms with Crippen LogP contribution >= 0.6 is 0 Å². The summed E-state index contributed by atoms with van der Waals surface area (Å²) in [6.45, 7) is 1.51. The van der Waals surface area contributed by atoms with Crippen molar-refractivity contribution in [2.75, 3.05) is 13.2 Å². The first-order valence-corrected chi connectivity index (χ1v) is 6.48. The van der Waals surface area contributed by atoms with Gasteiger partial charge < -0.3 is 4.74 Å². The van der Waals surface area contributed by atoms with Crippen molar-refractivity contribution in [3.8, 4) is 0 Å². The lowest BCUT2D eigenvalue weighted by molar-refractivity contribution is -0.195. The molecule has 3 rings (SSSR count). The van der Waals surface area contributed by atoms with Crippen LogP contribution in [0.3, 0.4) is 0 Å². The van der Waals surface area contributed by atoms with E-state index in [4.69, 9.17) is 9.57 Å². The molecule has 6 nitrogen and oxygen atoms in total. The lowest BCUT2D eigenvalue weighted by Crippen LogP contribution is -2.35. The zero-order valence-corrected chi connectivity index (χ0v) is 10.6. The molecule has 19 heavy (non-hydrogen) atoms. The maximum Gasteiger partial charge on any atom is 0.334 e. The Morgan fingerprint density at radius 1 is 1.26 bits per heavy atom. The Morgan fingerprint density at radius 3 is 2.37 bits per heavy atom. The van der Waals surface area contributed by atoms with E-state index in [0.717, 1.165) is 11.5 Å². The third kappa shape index (κ3) is 1.78. The number of allylic oxidation sites excluding steroid dienone is 2. The zero-order valence-electron chi connectivity index (χ0n) is 10.6. The molecule has 2 fully saturated rings. The van der Waals surface area contributed by atoms with Crippen molar-refractivity contribution in [2.24, 2.45) is 23.7 Å². The van der Waals surface area contributed by atoms with Crippen LogP contribution in [-0.2, 0) is 24.0 Å². The first-order chi connectivity index (χ1) is 9.13. The average Bonchev–Trinajstić information content (AvgIpc) is 3.03. The zero-order chi connectivity index (χ0) is 13.6. The van der Waals surface area contributed by atoms with Crippen molar-refractivity contribution in [2.45, 2.75) is 13.3 Å². The van der Waals surface area contributed by atoms with Crippen LogP contribution in [0, 0.1) is 23.7 Å². The van der Waals surface area contributed by atoms with Gasteiger partial charge in [-0.25, -0.2) is 4.79 Å². The third-order valence-corrected chi connectivity index (χ3v) is 4.05. The van der Waals surface area contributed by atoms with Gasteiger partial charge in [-0.1, -0.05) is 12.2 Å². The van der Waals surface area contributed by atoms with E-state index in [1.54, 1.807) is 6.92 Å². The number of ether oxygens (including phenoxy) is 1. The number of esters is 1. The molecule has 2 aliphatic carbocycles. The van der Waals surface area contributed by atoms with Crippen LogP contribution in [-0.4, -0.2) is 36.1 Å². The molecule has 102 valence electrons. The molecule has 2 amide bonds. The first-order valence-electron chi connectivity index (χ1n) is 6.48. The van der Waals surface area contributed by atoms with Crippen molar-refractivity contribution >= 4 is 17.8 Å². The molecule has 3 aliphatic rings. The van der Waals surface area contributed by atoms with Crippen LogP contribution in [0.25, 0.3) is 0 Å². The third-order valence-electron chi connectivity index (χ3n) is 4.05. The molecule has 0 unspecified atom stereocenters. The van der Waals surface area contributed by atoms with E-state index in [2.05, 4.69) is 0 Å². The summed E-state index contributed by atoms with van der Waals surface area (Å²) in [5, 5.41) is 0.762. The second-order valence-electron chi connectivity index (χ2n) is 5.05. The lowest BCUT2D eigenvalue weighted by atomic mass is 9.85. The van der Waals surface area contributed by atoms with E-state index in [-0.39, 0.29) is 42.1 Å². The Kier molecular flexibility index (Phi) is 2.89. The van der Waals surface area contributed by atoms with Crippen LogP contribution in [0.1, 0.15) is 13.3 Å². The molecule has 0 spiro atoms. The van der Waals surface area contributed by atoms with Gasteiger partial charge in [-0.3, -0.25) is 14.4 Å². The molecule has 0 radical (unpaired) electrons. The Labute approximate surface area is 110 Å². The van der Waals surface area contributed by atoms with E-state index in [9.17, 15) is 14.4 Å². The number of amides is 2. The molecule has 1 saturated heterocycles. The maximum atomic E-state index is 12.2. The van der Waals surface area contributed by atoms with Gasteiger partial charge in [0.25, 0.3) is 11.8 Å². The molecule has 0 aromatic rings. The molecule has 4 atom stereocenters. The Morgan fingerprint density at radius 2 is 1.84 bits per heavy atom. The summed E-state index contributed by atoms with van der Waals surface area (Å²) in [5.74, 6) is -1.55. The molecule has 0 aromatic carbocycles. The van der Waals surface area contributed by atoms with Gasteiger partial charge >= 0.3 is 5.97 Å². The second kappa shape index (κ2) is 4.45.